The smallest absolute Gasteiger partial charge is 0.339 e. The largest absolute Gasteiger partial charge is 0.379 e. The van der Waals surface area contributed by atoms with Crippen LogP contribution in [0.4, 0.5) is 5.13 Å². The Hall–Kier alpha value is -4.33. The van der Waals surface area contributed by atoms with E-state index in [0.717, 1.165) is 11.1 Å². The molecule has 0 atom stereocenters. The average molecular weight is 503 g/mol. The summed E-state index contributed by atoms with van der Waals surface area (Å²) in [6, 6.07) is 23.6. The van der Waals surface area contributed by atoms with Crippen molar-refractivity contribution < 1.29 is 17.4 Å². The molecule has 0 aliphatic heterocycles. The highest BCUT2D eigenvalue weighted by molar-refractivity contribution is 7.87. The van der Waals surface area contributed by atoms with Gasteiger partial charge in [0, 0.05) is 5.56 Å². The molecule has 35 heavy (non-hydrogen) atoms. The molecule has 0 aliphatic rings. The number of carbonyl (C=O) groups is 1. The number of hydrogen-bond acceptors (Lipinski definition) is 8. The molecule has 8 nitrogen and oxygen atoms in total. The molecule has 0 saturated carbocycles. The van der Waals surface area contributed by atoms with Crippen LogP contribution >= 0.6 is 11.3 Å². The van der Waals surface area contributed by atoms with E-state index in [1.165, 1.54) is 41.7 Å². The Morgan fingerprint density at radius 1 is 1.03 bits per heavy atom. The molecule has 1 aromatic heterocycles. The Morgan fingerprint density at radius 2 is 1.77 bits per heavy atom. The third-order valence-corrected chi connectivity index (χ3v) is 6.87. The van der Waals surface area contributed by atoms with Crippen LogP contribution in [0.5, 0.6) is 5.75 Å². The zero-order chi connectivity index (χ0) is 24.8. The SMILES string of the molecule is Cc1ccc(S(=O)(=O)Oc2cccc(/C=C(\C#N)C(=O)Nc3nnc(-c4ccccc4)s3)c2)cc1. The van der Waals surface area contributed by atoms with Crippen molar-refractivity contribution >= 4 is 38.6 Å². The molecule has 0 aliphatic carbocycles. The molecular weight excluding hydrogens is 484 g/mol. The normalized spacial score (nSPS) is 11.5. The first-order chi connectivity index (χ1) is 16.8. The van der Waals surface area contributed by atoms with Gasteiger partial charge in [-0.25, -0.2) is 0 Å². The van der Waals surface area contributed by atoms with Gasteiger partial charge in [-0.05, 0) is 42.8 Å². The molecule has 0 radical (unpaired) electrons. The molecule has 0 fully saturated rings. The van der Waals surface area contributed by atoms with Crippen molar-refractivity contribution in [3.8, 4) is 22.4 Å². The number of aromatic nitrogens is 2. The molecule has 10 heteroatoms. The van der Waals surface area contributed by atoms with E-state index in [0.29, 0.717) is 10.6 Å². The van der Waals surface area contributed by atoms with Crippen LogP contribution in [-0.4, -0.2) is 24.5 Å². The van der Waals surface area contributed by atoms with Gasteiger partial charge in [0.15, 0.2) is 0 Å². The van der Waals surface area contributed by atoms with E-state index in [4.69, 9.17) is 4.18 Å². The van der Waals surface area contributed by atoms with Gasteiger partial charge in [-0.2, -0.15) is 13.7 Å². The summed E-state index contributed by atoms with van der Waals surface area (Å²) in [6.07, 6.45) is 1.33. The van der Waals surface area contributed by atoms with E-state index < -0.39 is 16.0 Å². The molecule has 1 amide bonds. The average Bonchev–Trinajstić information content (AvgIpc) is 3.32. The number of aryl methyl sites for hydroxylation is 1. The van der Waals surface area contributed by atoms with E-state index in [1.807, 2.05) is 43.3 Å². The fraction of sp³-hybridized carbons (Fsp3) is 0.0400. The fourth-order valence-electron chi connectivity index (χ4n) is 2.99. The first-order valence-corrected chi connectivity index (χ1v) is 12.5. The second kappa shape index (κ2) is 10.3. The predicted molar refractivity (Wildman–Crippen MR) is 133 cm³/mol. The number of anilines is 1. The van der Waals surface area contributed by atoms with Crippen molar-refractivity contribution in [3.63, 3.8) is 0 Å². The van der Waals surface area contributed by atoms with Gasteiger partial charge in [-0.3, -0.25) is 10.1 Å². The zero-order valence-electron chi connectivity index (χ0n) is 18.4. The summed E-state index contributed by atoms with van der Waals surface area (Å²) in [5.41, 5.74) is 2.00. The molecule has 3 aromatic carbocycles. The minimum atomic E-state index is -4.04. The van der Waals surface area contributed by atoms with Crippen LogP contribution in [0, 0.1) is 18.3 Å². The maximum atomic E-state index is 12.6. The predicted octanol–water partition coefficient (Wildman–Crippen LogP) is 4.83. The van der Waals surface area contributed by atoms with Gasteiger partial charge in [0.2, 0.25) is 5.13 Å². The number of hydrogen-bond donors (Lipinski definition) is 1. The van der Waals surface area contributed by atoms with Gasteiger partial charge in [0.1, 0.15) is 27.3 Å². The Labute approximate surface area is 206 Å². The zero-order valence-corrected chi connectivity index (χ0v) is 20.0. The van der Waals surface area contributed by atoms with Gasteiger partial charge >= 0.3 is 10.1 Å². The maximum Gasteiger partial charge on any atom is 0.339 e. The van der Waals surface area contributed by atoms with Crippen molar-refractivity contribution in [2.75, 3.05) is 5.32 Å². The monoisotopic (exact) mass is 502 g/mol. The molecule has 1 N–H and O–H groups in total. The van der Waals surface area contributed by atoms with Crippen molar-refractivity contribution in [2.24, 2.45) is 0 Å². The third kappa shape index (κ3) is 5.97. The van der Waals surface area contributed by atoms with Crippen molar-refractivity contribution in [2.45, 2.75) is 11.8 Å². The third-order valence-electron chi connectivity index (χ3n) is 4.72. The van der Waals surface area contributed by atoms with E-state index in [1.54, 1.807) is 24.3 Å². The second-order valence-corrected chi connectivity index (χ2v) is 9.85. The maximum absolute atomic E-state index is 12.6. The van der Waals surface area contributed by atoms with Crippen molar-refractivity contribution in [1.29, 1.82) is 5.26 Å². The molecule has 1 heterocycles. The van der Waals surface area contributed by atoms with E-state index in [-0.39, 0.29) is 21.3 Å². The summed E-state index contributed by atoms with van der Waals surface area (Å²) < 4.78 is 30.3. The van der Waals surface area contributed by atoms with Crippen LogP contribution in [0.25, 0.3) is 16.6 Å². The number of rotatable bonds is 7. The molecule has 0 bridgehead atoms. The van der Waals surface area contributed by atoms with Gasteiger partial charge in [-0.15, -0.1) is 10.2 Å². The molecule has 0 spiro atoms. The highest BCUT2D eigenvalue weighted by Gasteiger charge is 2.17. The Morgan fingerprint density at radius 3 is 2.49 bits per heavy atom. The lowest BCUT2D eigenvalue weighted by atomic mass is 10.1. The fourth-order valence-corrected chi connectivity index (χ4v) is 4.65. The number of carbonyl (C=O) groups excluding carboxylic acids is 1. The van der Waals surface area contributed by atoms with Crippen molar-refractivity contribution in [3.05, 3.63) is 95.6 Å². The second-order valence-electron chi connectivity index (χ2n) is 7.33. The summed E-state index contributed by atoms with van der Waals surface area (Å²) >= 11 is 1.18. The molecule has 4 aromatic rings. The van der Waals surface area contributed by atoms with Crippen LogP contribution in [0.2, 0.25) is 0 Å². The van der Waals surface area contributed by atoms with Gasteiger partial charge in [0.25, 0.3) is 5.91 Å². The molecular formula is C25H18N4O4S2. The Bertz CT molecular complexity index is 1540. The first kappa shape index (κ1) is 23.8. The molecule has 174 valence electrons. The van der Waals surface area contributed by atoms with Crippen molar-refractivity contribution in [1.82, 2.24) is 10.2 Å². The number of amides is 1. The van der Waals surface area contributed by atoms with Gasteiger partial charge in [0.05, 0.1) is 0 Å². The van der Waals surface area contributed by atoms with Crippen LogP contribution in [0.15, 0.2) is 89.3 Å². The lowest BCUT2D eigenvalue weighted by Gasteiger charge is -2.08. The number of nitrogens with zero attached hydrogens (tertiary/aromatic N) is 3. The first-order valence-electron chi connectivity index (χ1n) is 10.3. The minimum absolute atomic E-state index is 0.0214. The van der Waals surface area contributed by atoms with Crippen LogP contribution < -0.4 is 9.50 Å². The van der Waals surface area contributed by atoms with Crippen LogP contribution in [-0.2, 0) is 14.9 Å². The lowest BCUT2D eigenvalue weighted by molar-refractivity contribution is -0.112. The summed E-state index contributed by atoms with van der Waals surface area (Å²) in [7, 11) is -4.04. The Kier molecular flexibility index (Phi) is 7.01. The number of nitrogens with one attached hydrogen (secondary N) is 1. The van der Waals surface area contributed by atoms with Gasteiger partial charge in [-0.1, -0.05) is 71.5 Å². The van der Waals surface area contributed by atoms with E-state index >= 15 is 0 Å². The highest BCUT2D eigenvalue weighted by atomic mass is 32.2. The lowest BCUT2D eigenvalue weighted by Crippen LogP contribution is -2.13. The van der Waals surface area contributed by atoms with E-state index in [2.05, 4.69) is 15.5 Å². The summed E-state index contributed by atoms with van der Waals surface area (Å²) in [4.78, 5) is 12.7. The molecule has 0 unspecified atom stereocenters. The summed E-state index contributed by atoms with van der Waals surface area (Å²) in [6.45, 7) is 1.85. The summed E-state index contributed by atoms with van der Waals surface area (Å²) in [5, 5.41) is 21.0. The summed E-state index contributed by atoms with van der Waals surface area (Å²) in [5.74, 6) is -0.615. The standard InChI is InChI=1S/C25H18N4O4S2/c1-17-10-12-22(13-11-17)35(31,32)33-21-9-5-6-18(15-21)14-20(16-26)23(30)27-25-29-28-24(34-25)19-7-3-2-4-8-19/h2-15H,1H3,(H,27,29,30)/b20-14+. The number of benzene rings is 3. The molecule has 0 saturated heterocycles. The van der Waals surface area contributed by atoms with E-state index in [9.17, 15) is 18.5 Å². The minimum Gasteiger partial charge on any atom is -0.379 e. The highest BCUT2D eigenvalue weighted by Crippen LogP contribution is 2.26. The Balaban J connectivity index is 1.50. The topological polar surface area (TPSA) is 122 Å². The molecule has 4 rings (SSSR count). The van der Waals surface area contributed by atoms with Crippen LogP contribution in [0.1, 0.15) is 11.1 Å². The van der Waals surface area contributed by atoms with Crippen LogP contribution in [0.3, 0.4) is 0 Å². The van der Waals surface area contributed by atoms with Gasteiger partial charge < -0.3 is 4.18 Å². The quantitative estimate of drug-likeness (QED) is 0.218. The number of nitriles is 1.